The van der Waals surface area contributed by atoms with Gasteiger partial charge in [-0.15, -0.1) is 0 Å². The van der Waals surface area contributed by atoms with E-state index in [0.717, 1.165) is 11.4 Å². The molecule has 0 saturated heterocycles. The van der Waals surface area contributed by atoms with Crippen LogP contribution < -0.4 is 5.73 Å². The summed E-state index contributed by atoms with van der Waals surface area (Å²) < 4.78 is 1.79. The molecule has 0 bridgehead atoms. The Bertz CT molecular complexity index is 426. The second kappa shape index (κ2) is 6.34. The third-order valence-corrected chi connectivity index (χ3v) is 3.63. The molecule has 102 valence electrons. The molecule has 1 unspecified atom stereocenters. The van der Waals surface area contributed by atoms with Gasteiger partial charge in [0.1, 0.15) is 5.78 Å². The molecular formula is C13H22ClN3O. The first-order chi connectivity index (χ1) is 8.36. The molecule has 0 amide bonds. The zero-order chi connectivity index (χ0) is 13.9. The Morgan fingerprint density at radius 2 is 2.11 bits per heavy atom. The number of hydrogen-bond acceptors (Lipinski definition) is 3. The van der Waals surface area contributed by atoms with Gasteiger partial charge in [0.15, 0.2) is 0 Å². The number of ketones is 1. The summed E-state index contributed by atoms with van der Waals surface area (Å²) in [7, 11) is 0. The van der Waals surface area contributed by atoms with Gasteiger partial charge in [-0.2, -0.15) is 5.10 Å². The first kappa shape index (κ1) is 15.2. The first-order valence-electron chi connectivity index (χ1n) is 6.35. The fraction of sp³-hybridized carbons (Fsp3) is 0.692. The fourth-order valence-electron chi connectivity index (χ4n) is 1.80. The maximum Gasteiger partial charge on any atom is 0.140 e. The molecule has 18 heavy (non-hydrogen) atoms. The lowest BCUT2D eigenvalue weighted by Crippen LogP contribution is -2.30. The lowest BCUT2D eigenvalue weighted by molar-refractivity contribution is -0.119. The van der Waals surface area contributed by atoms with Crippen molar-refractivity contribution in [2.24, 2.45) is 11.7 Å². The zero-order valence-corrected chi connectivity index (χ0v) is 12.3. The maximum absolute atomic E-state index is 12.0. The van der Waals surface area contributed by atoms with E-state index in [1.165, 1.54) is 0 Å². The molecule has 0 aliphatic rings. The molecule has 5 heteroatoms. The van der Waals surface area contributed by atoms with Crippen LogP contribution in [0, 0.1) is 12.8 Å². The Hall–Kier alpha value is -0.870. The van der Waals surface area contributed by atoms with Gasteiger partial charge in [-0.1, -0.05) is 25.4 Å². The lowest BCUT2D eigenvalue weighted by atomic mass is 9.98. The van der Waals surface area contributed by atoms with Crippen LogP contribution in [-0.2, 0) is 17.8 Å². The van der Waals surface area contributed by atoms with E-state index < -0.39 is 0 Å². The van der Waals surface area contributed by atoms with Crippen LogP contribution in [0.4, 0.5) is 0 Å². The van der Waals surface area contributed by atoms with Crippen molar-refractivity contribution >= 4 is 17.4 Å². The Balaban J connectivity index is 2.76. The van der Waals surface area contributed by atoms with Crippen LogP contribution >= 0.6 is 11.6 Å². The quantitative estimate of drug-likeness (QED) is 0.864. The van der Waals surface area contributed by atoms with Crippen molar-refractivity contribution < 1.29 is 4.79 Å². The minimum Gasteiger partial charge on any atom is -0.327 e. The Labute approximate surface area is 113 Å². The molecule has 0 fully saturated rings. The van der Waals surface area contributed by atoms with Crippen LogP contribution in [0.3, 0.4) is 0 Å². The number of nitrogens with two attached hydrogens (primary N) is 1. The van der Waals surface area contributed by atoms with Gasteiger partial charge in [-0.05, 0) is 19.8 Å². The van der Waals surface area contributed by atoms with Crippen LogP contribution in [0.15, 0.2) is 0 Å². The molecule has 1 rings (SSSR count). The van der Waals surface area contributed by atoms with Crippen LogP contribution in [-0.4, -0.2) is 21.6 Å². The van der Waals surface area contributed by atoms with E-state index in [9.17, 15) is 4.79 Å². The van der Waals surface area contributed by atoms with E-state index in [4.69, 9.17) is 17.3 Å². The lowest BCUT2D eigenvalue weighted by Gasteiger charge is -2.14. The van der Waals surface area contributed by atoms with Gasteiger partial charge in [0.25, 0.3) is 0 Å². The molecule has 1 aromatic heterocycles. The van der Waals surface area contributed by atoms with E-state index in [1.807, 2.05) is 27.7 Å². The van der Waals surface area contributed by atoms with Crippen LogP contribution in [0.2, 0.25) is 5.02 Å². The molecule has 0 radical (unpaired) electrons. The minimum absolute atomic E-state index is 0.0876. The summed E-state index contributed by atoms with van der Waals surface area (Å²) in [5.41, 5.74) is 7.48. The van der Waals surface area contributed by atoms with E-state index >= 15 is 0 Å². The summed E-state index contributed by atoms with van der Waals surface area (Å²) in [6.45, 7) is 8.59. The molecule has 2 N–H and O–H groups in total. The van der Waals surface area contributed by atoms with Crippen molar-refractivity contribution in [3.63, 3.8) is 0 Å². The van der Waals surface area contributed by atoms with Gasteiger partial charge >= 0.3 is 0 Å². The molecule has 1 atom stereocenters. The molecule has 0 aliphatic carbocycles. The summed E-state index contributed by atoms with van der Waals surface area (Å²) in [6, 6.07) is -0.0876. The van der Waals surface area contributed by atoms with Gasteiger partial charge < -0.3 is 5.73 Å². The van der Waals surface area contributed by atoms with Gasteiger partial charge in [-0.25, -0.2) is 0 Å². The van der Waals surface area contributed by atoms with E-state index in [2.05, 4.69) is 5.10 Å². The van der Waals surface area contributed by atoms with Crippen molar-refractivity contribution in [3.8, 4) is 0 Å². The average molecular weight is 272 g/mol. The second-order valence-electron chi connectivity index (χ2n) is 4.99. The highest BCUT2D eigenvalue weighted by Crippen LogP contribution is 2.21. The second-order valence-corrected chi connectivity index (χ2v) is 5.37. The number of aromatic nitrogens is 2. The molecular weight excluding hydrogens is 250 g/mol. The average Bonchev–Trinajstić information content (AvgIpc) is 2.56. The number of nitrogens with zero attached hydrogens (tertiary/aromatic N) is 2. The van der Waals surface area contributed by atoms with Crippen molar-refractivity contribution in [1.29, 1.82) is 0 Å². The highest BCUT2D eigenvalue weighted by atomic mass is 35.5. The number of aryl methyl sites for hydroxylation is 2. The summed E-state index contributed by atoms with van der Waals surface area (Å²) in [5, 5.41) is 4.90. The number of hydrogen-bond donors (Lipinski definition) is 1. The van der Waals surface area contributed by atoms with Crippen molar-refractivity contribution in [2.45, 2.75) is 53.1 Å². The monoisotopic (exact) mass is 271 g/mol. The van der Waals surface area contributed by atoms with E-state index in [-0.39, 0.29) is 11.8 Å². The minimum atomic E-state index is -0.0876. The number of rotatable bonds is 6. The molecule has 0 aromatic carbocycles. The smallest absolute Gasteiger partial charge is 0.140 e. The van der Waals surface area contributed by atoms with Crippen LogP contribution in [0.5, 0.6) is 0 Å². The van der Waals surface area contributed by atoms with Gasteiger partial charge in [0.05, 0.1) is 16.4 Å². The summed E-state index contributed by atoms with van der Waals surface area (Å²) >= 11 is 6.17. The predicted molar refractivity (Wildman–Crippen MR) is 73.8 cm³/mol. The molecule has 4 nitrogen and oxygen atoms in total. The Morgan fingerprint density at radius 3 is 2.61 bits per heavy atom. The van der Waals surface area contributed by atoms with Crippen LogP contribution in [0.1, 0.15) is 38.6 Å². The molecule has 1 heterocycles. The van der Waals surface area contributed by atoms with Gasteiger partial charge in [0.2, 0.25) is 0 Å². The number of carbonyl (C=O) groups is 1. The highest BCUT2D eigenvalue weighted by molar-refractivity contribution is 6.32. The molecule has 1 aromatic rings. The van der Waals surface area contributed by atoms with Crippen molar-refractivity contribution in [3.05, 3.63) is 16.4 Å². The normalized spacial score (nSPS) is 13.1. The third kappa shape index (κ3) is 3.56. The molecule has 0 saturated carbocycles. The number of Topliss-reactive ketones (excluding diaryl/α,β-unsaturated/α-hetero) is 1. The highest BCUT2D eigenvalue weighted by Gasteiger charge is 2.18. The van der Waals surface area contributed by atoms with E-state index in [0.29, 0.717) is 30.3 Å². The Kier molecular flexibility index (Phi) is 5.35. The summed E-state index contributed by atoms with van der Waals surface area (Å²) in [6.07, 6.45) is 0.704. The van der Waals surface area contributed by atoms with Crippen LogP contribution in [0.25, 0.3) is 0 Å². The standard InChI is InChI=1S/C13H22ClN3O/c1-5-17-12(13(14)9(4)16-17)7-10(18)6-11(15)8(2)3/h8,11H,5-7,15H2,1-4H3. The largest absolute Gasteiger partial charge is 0.327 e. The van der Waals surface area contributed by atoms with E-state index in [1.54, 1.807) is 4.68 Å². The number of carbonyl (C=O) groups excluding carboxylic acids is 1. The summed E-state index contributed by atoms with van der Waals surface area (Å²) in [5.74, 6) is 0.426. The zero-order valence-electron chi connectivity index (χ0n) is 11.5. The predicted octanol–water partition coefficient (Wildman–Crippen LogP) is 2.35. The van der Waals surface area contributed by atoms with Crippen molar-refractivity contribution in [1.82, 2.24) is 9.78 Å². The fourth-order valence-corrected chi connectivity index (χ4v) is 2.00. The third-order valence-electron chi connectivity index (χ3n) is 3.14. The topological polar surface area (TPSA) is 60.9 Å². The molecule has 0 aliphatic heterocycles. The number of halogens is 1. The molecule has 0 spiro atoms. The van der Waals surface area contributed by atoms with Crippen molar-refractivity contribution in [2.75, 3.05) is 0 Å². The maximum atomic E-state index is 12.0. The Morgan fingerprint density at radius 1 is 1.50 bits per heavy atom. The van der Waals surface area contributed by atoms with Gasteiger partial charge in [-0.3, -0.25) is 9.48 Å². The summed E-state index contributed by atoms with van der Waals surface area (Å²) in [4.78, 5) is 12.0. The SMILES string of the molecule is CCn1nc(C)c(Cl)c1CC(=O)CC(N)C(C)C. The first-order valence-corrected chi connectivity index (χ1v) is 6.73. The van der Waals surface area contributed by atoms with Gasteiger partial charge in [0, 0.05) is 25.4 Å².